The lowest BCUT2D eigenvalue weighted by molar-refractivity contribution is 0.292. The first-order valence-corrected chi connectivity index (χ1v) is 10.7. The standard InChI is InChI=1S/C24H24N4OS/c1-17-21(19-8-3-2-4-9-19)11-6-12-22(17)23-27-28-24(30-23)26-20-10-5-7-18(15-20)16-25-13-14-29/h2-12,15,25,29H,13-14,16H2,1H3,(H,26,28). The monoisotopic (exact) mass is 416 g/mol. The van der Waals surface area contributed by atoms with Crippen LogP contribution < -0.4 is 10.6 Å². The summed E-state index contributed by atoms with van der Waals surface area (Å²) < 4.78 is 0. The Labute approximate surface area is 180 Å². The van der Waals surface area contributed by atoms with E-state index >= 15 is 0 Å². The summed E-state index contributed by atoms with van der Waals surface area (Å²) in [5.74, 6) is 0. The molecule has 0 bridgehead atoms. The number of benzene rings is 3. The fourth-order valence-corrected chi connectivity index (χ4v) is 4.22. The minimum absolute atomic E-state index is 0.135. The summed E-state index contributed by atoms with van der Waals surface area (Å²) in [5, 5.41) is 25.9. The highest BCUT2D eigenvalue weighted by molar-refractivity contribution is 7.18. The zero-order valence-corrected chi connectivity index (χ0v) is 17.6. The van der Waals surface area contributed by atoms with Crippen molar-refractivity contribution in [3.05, 3.63) is 83.9 Å². The van der Waals surface area contributed by atoms with Crippen LogP contribution in [-0.2, 0) is 6.54 Å². The molecule has 0 spiro atoms. The van der Waals surface area contributed by atoms with E-state index in [1.165, 1.54) is 16.7 Å². The molecule has 4 aromatic rings. The maximum absolute atomic E-state index is 8.90. The van der Waals surface area contributed by atoms with Crippen molar-refractivity contribution in [3.63, 3.8) is 0 Å². The summed E-state index contributed by atoms with van der Waals surface area (Å²) in [6.45, 7) is 3.56. The van der Waals surface area contributed by atoms with Crippen LogP contribution in [0.3, 0.4) is 0 Å². The van der Waals surface area contributed by atoms with Crippen LogP contribution in [0.2, 0.25) is 0 Å². The largest absolute Gasteiger partial charge is 0.395 e. The molecule has 1 heterocycles. The van der Waals surface area contributed by atoms with Crippen molar-refractivity contribution in [2.75, 3.05) is 18.5 Å². The van der Waals surface area contributed by atoms with Gasteiger partial charge in [0, 0.05) is 24.3 Å². The van der Waals surface area contributed by atoms with Crippen molar-refractivity contribution in [2.45, 2.75) is 13.5 Å². The van der Waals surface area contributed by atoms with Gasteiger partial charge in [0.15, 0.2) is 0 Å². The van der Waals surface area contributed by atoms with E-state index in [-0.39, 0.29) is 6.61 Å². The van der Waals surface area contributed by atoms with Gasteiger partial charge in [0.25, 0.3) is 0 Å². The van der Waals surface area contributed by atoms with Gasteiger partial charge in [0.1, 0.15) is 5.01 Å². The average Bonchev–Trinajstić information content (AvgIpc) is 3.23. The summed E-state index contributed by atoms with van der Waals surface area (Å²) in [7, 11) is 0. The summed E-state index contributed by atoms with van der Waals surface area (Å²) in [6.07, 6.45) is 0. The highest BCUT2D eigenvalue weighted by Crippen LogP contribution is 2.34. The summed E-state index contributed by atoms with van der Waals surface area (Å²) >= 11 is 1.54. The SMILES string of the molecule is Cc1c(-c2ccccc2)cccc1-c1nnc(Nc2cccc(CNCCO)c2)s1. The number of aliphatic hydroxyl groups is 1. The minimum Gasteiger partial charge on any atom is -0.395 e. The Morgan fingerprint density at radius 3 is 2.53 bits per heavy atom. The molecule has 3 N–H and O–H groups in total. The molecule has 0 fully saturated rings. The molecule has 5 nitrogen and oxygen atoms in total. The van der Waals surface area contributed by atoms with Crippen molar-refractivity contribution in [1.29, 1.82) is 0 Å². The van der Waals surface area contributed by atoms with Crippen LogP contribution in [-0.4, -0.2) is 28.5 Å². The van der Waals surface area contributed by atoms with Gasteiger partial charge in [-0.1, -0.05) is 72.0 Å². The third kappa shape index (κ3) is 4.74. The van der Waals surface area contributed by atoms with Gasteiger partial charge in [-0.2, -0.15) is 0 Å². The van der Waals surface area contributed by atoms with E-state index in [9.17, 15) is 0 Å². The quantitative estimate of drug-likeness (QED) is 0.352. The topological polar surface area (TPSA) is 70.1 Å². The fraction of sp³-hybridized carbons (Fsp3) is 0.167. The second-order valence-corrected chi connectivity index (χ2v) is 7.96. The fourth-order valence-electron chi connectivity index (χ4n) is 3.37. The van der Waals surface area contributed by atoms with E-state index in [1.54, 1.807) is 11.3 Å². The smallest absolute Gasteiger partial charge is 0.210 e. The molecule has 1 aromatic heterocycles. The zero-order chi connectivity index (χ0) is 20.8. The van der Waals surface area contributed by atoms with Crippen LogP contribution in [0.4, 0.5) is 10.8 Å². The van der Waals surface area contributed by atoms with Gasteiger partial charge in [-0.25, -0.2) is 0 Å². The Bertz CT molecular complexity index is 1110. The maximum atomic E-state index is 8.90. The van der Waals surface area contributed by atoms with Gasteiger partial charge >= 0.3 is 0 Å². The van der Waals surface area contributed by atoms with E-state index in [0.29, 0.717) is 13.1 Å². The first-order valence-electron chi connectivity index (χ1n) is 9.91. The van der Waals surface area contributed by atoms with Gasteiger partial charge in [0.05, 0.1) is 6.61 Å². The molecule has 152 valence electrons. The van der Waals surface area contributed by atoms with E-state index < -0.39 is 0 Å². The third-order valence-corrected chi connectivity index (χ3v) is 5.74. The first kappa shape index (κ1) is 20.2. The second-order valence-electron chi connectivity index (χ2n) is 6.98. The molecule has 0 aliphatic carbocycles. The number of aliphatic hydroxyl groups excluding tert-OH is 1. The molecule has 0 saturated heterocycles. The first-order chi connectivity index (χ1) is 14.7. The third-order valence-electron chi connectivity index (χ3n) is 4.87. The Balaban J connectivity index is 1.53. The predicted octanol–water partition coefficient (Wildman–Crippen LogP) is 5.01. The molecule has 0 amide bonds. The molecule has 3 aromatic carbocycles. The normalized spacial score (nSPS) is 10.9. The van der Waals surface area contributed by atoms with Crippen molar-refractivity contribution in [3.8, 4) is 21.7 Å². The molecule has 4 rings (SSSR count). The molecule has 0 aliphatic rings. The number of hydrogen-bond acceptors (Lipinski definition) is 6. The molecule has 0 aliphatic heterocycles. The second kappa shape index (κ2) is 9.63. The highest BCUT2D eigenvalue weighted by Gasteiger charge is 2.12. The Morgan fingerprint density at radius 2 is 1.70 bits per heavy atom. The Hall–Kier alpha value is -3.06. The summed E-state index contributed by atoms with van der Waals surface area (Å²) in [6, 6.07) is 24.9. The molecular formula is C24H24N4OS. The van der Waals surface area contributed by atoms with Gasteiger partial charge in [0.2, 0.25) is 5.13 Å². The number of hydrogen-bond donors (Lipinski definition) is 3. The number of nitrogens with one attached hydrogen (secondary N) is 2. The lowest BCUT2D eigenvalue weighted by Gasteiger charge is -2.09. The molecule has 0 radical (unpaired) electrons. The van der Waals surface area contributed by atoms with E-state index in [0.717, 1.165) is 27.0 Å². The van der Waals surface area contributed by atoms with Crippen LogP contribution in [0, 0.1) is 6.92 Å². The zero-order valence-electron chi connectivity index (χ0n) is 16.8. The maximum Gasteiger partial charge on any atom is 0.210 e. The van der Waals surface area contributed by atoms with Gasteiger partial charge < -0.3 is 15.7 Å². The number of nitrogens with zero attached hydrogens (tertiary/aromatic N) is 2. The van der Waals surface area contributed by atoms with E-state index in [2.05, 4.69) is 82.4 Å². The average molecular weight is 417 g/mol. The van der Waals surface area contributed by atoms with Crippen molar-refractivity contribution in [2.24, 2.45) is 0 Å². The van der Waals surface area contributed by atoms with Crippen LogP contribution in [0.1, 0.15) is 11.1 Å². The van der Waals surface area contributed by atoms with Gasteiger partial charge in [-0.05, 0) is 41.3 Å². The number of rotatable bonds is 8. The Kier molecular flexibility index (Phi) is 6.49. The summed E-state index contributed by atoms with van der Waals surface area (Å²) in [5.41, 5.74) is 6.82. The van der Waals surface area contributed by atoms with Crippen LogP contribution >= 0.6 is 11.3 Å². The van der Waals surface area contributed by atoms with Crippen molar-refractivity contribution < 1.29 is 5.11 Å². The van der Waals surface area contributed by atoms with E-state index in [4.69, 9.17) is 5.11 Å². The number of anilines is 2. The number of aromatic nitrogens is 2. The predicted molar refractivity (Wildman–Crippen MR) is 124 cm³/mol. The molecule has 0 unspecified atom stereocenters. The molecule has 0 saturated carbocycles. The van der Waals surface area contributed by atoms with Crippen molar-refractivity contribution >= 4 is 22.2 Å². The van der Waals surface area contributed by atoms with E-state index in [1.807, 2.05) is 18.2 Å². The molecule has 30 heavy (non-hydrogen) atoms. The van der Waals surface area contributed by atoms with Gasteiger partial charge in [-0.3, -0.25) is 0 Å². The summed E-state index contributed by atoms with van der Waals surface area (Å²) in [4.78, 5) is 0. The van der Waals surface area contributed by atoms with Gasteiger partial charge in [-0.15, -0.1) is 10.2 Å². The molecule has 0 atom stereocenters. The molecule has 6 heteroatoms. The van der Waals surface area contributed by atoms with Crippen molar-refractivity contribution in [1.82, 2.24) is 15.5 Å². The lowest BCUT2D eigenvalue weighted by atomic mass is 9.97. The Morgan fingerprint density at radius 1 is 0.900 bits per heavy atom. The molecular weight excluding hydrogens is 392 g/mol. The van der Waals surface area contributed by atoms with Crippen LogP contribution in [0.25, 0.3) is 21.7 Å². The van der Waals surface area contributed by atoms with Crippen LogP contribution in [0.5, 0.6) is 0 Å². The van der Waals surface area contributed by atoms with Crippen LogP contribution in [0.15, 0.2) is 72.8 Å². The lowest BCUT2D eigenvalue weighted by Crippen LogP contribution is -2.17. The minimum atomic E-state index is 0.135. The highest BCUT2D eigenvalue weighted by atomic mass is 32.1.